The summed E-state index contributed by atoms with van der Waals surface area (Å²) in [7, 11) is -1.86. The molecule has 0 aliphatic carbocycles. The van der Waals surface area contributed by atoms with E-state index in [1.165, 1.54) is 21.2 Å². The number of hydrogen-bond acceptors (Lipinski definition) is 4. The molecule has 1 amide bonds. The van der Waals surface area contributed by atoms with E-state index in [0.717, 1.165) is 32.4 Å². The third-order valence-electron chi connectivity index (χ3n) is 5.79. The molecule has 3 rings (SSSR count). The molecule has 5 nitrogen and oxygen atoms in total. The minimum Gasteiger partial charge on any atom is -0.342 e. The number of nitrogens with zero attached hydrogens (tertiary/aromatic N) is 2. The first-order valence-corrected chi connectivity index (χ1v) is 12.4. The molecule has 1 aromatic heterocycles. The maximum absolute atomic E-state index is 12.6. The zero-order valence-corrected chi connectivity index (χ0v) is 18.8. The summed E-state index contributed by atoms with van der Waals surface area (Å²) in [5.74, 6) is 0.135. The molecule has 29 heavy (non-hydrogen) atoms. The Hall–Kier alpha value is -1.70. The number of sulfonamides is 1. The molecule has 1 aromatic carbocycles. The third-order valence-corrected chi connectivity index (χ3v) is 9.02. The Bertz CT molecular complexity index is 897. The van der Waals surface area contributed by atoms with E-state index in [4.69, 9.17) is 0 Å². The molecule has 1 atom stereocenters. The zero-order valence-electron chi connectivity index (χ0n) is 17.2. The molecule has 2 heterocycles. The van der Waals surface area contributed by atoms with Crippen LogP contribution >= 0.6 is 11.3 Å². The Morgan fingerprint density at radius 3 is 2.66 bits per heavy atom. The lowest BCUT2D eigenvalue weighted by Gasteiger charge is -2.25. The molecule has 0 N–H and O–H groups in total. The minimum absolute atomic E-state index is 0.135. The van der Waals surface area contributed by atoms with Crippen molar-refractivity contribution >= 4 is 27.3 Å². The predicted octanol–water partition coefficient (Wildman–Crippen LogP) is 4.02. The first-order chi connectivity index (χ1) is 13.8. The van der Waals surface area contributed by atoms with E-state index in [2.05, 4.69) is 31.2 Å². The fourth-order valence-electron chi connectivity index (χ4n) is 3.83. The van der Waals surface area contributed by atoms with Crippen LogP contribution in [0.4, 0.5) is 0 Å². The van der Waals surface area contributed by atoms with Gasteiger partial charge in [-0.2, -0.15) is 0 Å². The monoisotopic (exact) mass is 434 g/mol. The van der Waals surface area contributed by atoms with Gasteiger partial charge in [-0.05, 0) is 48.1 Å². The van der Waals surface area contributed by atoms with Gasteiger partial charge < -0.3 is 4.90 Å². The van der Waals surface area contributed by atoms with Gasteiger partial charge in [0.1, 0.15) is 4.21 Å². The second-order valence-corrected chi connectivity index (χ2v) is 11.4. The summed E-state index contributed by atoms with van der Waals surface area (Å²) in [6.45, 7) is 4.21. The average Bonchev–Trinajstić information content (AvgIpc) is 3.38. The van der Waals surface area contributed by atoms with Gasteiger partial charge in [0.25, 0.3) is 10.0 Å². The highest BCUT2D eigenvalue weighted by Crippen LogP contribution is 2.35. The summed E-state index contributed by atoms with van der Waals surface area (Å²) in [5, 5.41) is 1.76. The van der Waals surface area contributed by atoms with Crippen LogP contribution in [0.1, 0.15) is 38.2 Å². The van der Waals surface area contributed by atoms with Crippen molar-refractivity contribution in [2.75, 3.05) is 26.7 Å². The molecule has 2 aromatic rings. The Balaban J connectivity index is 1.43. The van der Waals surface area contributed by atoms with E-state index in [1.807, 2.05) is 11.0 Å². The van der Waals surface area contributed by atoms with Gasteiger partial charge in [0.2, 0.25) is 5.91 Å². The van der Waals surface area contributed by atoms with Crippen LogP contribution < -0.4 is 0 Å². The van der Waals surface area contributed by atoms with Crippen molar-refractivity contribution in [1.82, 2.24) is 9.21 Å². The number of hydrogen-bond donors (Lipinski definition) is 0. The van der Waals surface area contributed by atoms with Crippen molar-refractivity contribution in [3.63, 3.8) is 0 Å². The van der Waals surface area contributed by atoms with Crippen molar-refractivity contribution in [3.05, 3.63) is 53.4 Å². The van der Waals surface area contributed by atoms with Gasteiger partial charge in [-0.3, -0.25) is 4.79 Å². The quantitative estimate of drug-likeness (QED) is 0.599. The van der Waals surface area contributed by atoms with Gasteiger partial charge >= 0.3 is 0 Å². The number of rotatable bonds is 9. The van der Waals surface area contributed by atoms with Gasteiger partial charge in [0, 0.05) is 33.1 Å². The minimum atomic E-state index is -3.44. The molecular weight excluding hydrogens is 404 g/mol. The summed E-state index contributed by atoms with van der Waals surface area (Å²) in [6, 6.07) is 13.8. The molecule has 1 aliphatic heterocycles. The lowest BCUT2D eigenvalue weighted by Crippen LogP contribution is -2.32. The van der Waals surface area contributed by atoms with E-state index in [-0.39, 0.29) is 11.3 Å². The molecule has 0 saturated carbocycles. The molecule has 7 heteroatoms. The number of aryl methyl sites for hydroxylation is 1. The lowest BCUT2D eigenvalue weighted by atomic mass is 9.83. The Labute approximate surface area is 178 Å². The second kappa shape index (κ2) is 9.41. The normalized spacial score (nSPS) is 19.8. The lowest BCUT2D eigenvalue weighted by molar-refractivity contribution is -0.130. The van der Waals surface area contributed by atoms with E-state index < -0.39 is 10.0 Å². The topological polar surface area (TPSA) is 57.7 Å². The fourth-order valence-corrected chi connectivity index (χ4v) is 6.24. The van der Waals surface area contributed by atoms with Crippen LogP contribution in [0, 0.1) is 5.41 Å². The van der Waals surface area contributed by atoms with E-state index in [1.54, 1.807) is 24.6 Å². The molecule has 0 spiro atoms. The van der Waals surface area contributed by atoms with Crippen LogP contribution in [-0.4, -0.2) is 50.2 Å². The summed E-state index contributed by atoms with van der Waals surface area (Å²) >= 11 is 1.22. The Morgan fingerprint density at radius 2 is 1.97 bits per heavy atom. The van der Waals surface area contributed by atoms with Gasteiger partial charge in [-0.15, -0.1) is 11.3 Å². The van der Waals surface area contributed by atoms with E-state index in [0.29, 0.717) is 23.6 Å². The van der Waals surface area contributed by atoms with Crippen LogP contribution in [-0.2, 0) is 21.2 Å². The molecule has 0 bridgehead atoms. The highest BCUT2D eigenvalue weighted by Gasteiger charge is 2.35. The first-order valence-electron chi connectivity index (χ1n) is 10.1. The molecule has 1 saturated heterocycles. The number of benzene rings is 1. The Kier molecular flexibility index (Phi) is 7.14. The molecular formula is C22H30N2O3S2. The fraction of sp³-hybridized carbons (Fsp3) is 0.500. The van der Waals surface area contributed by atoms with Gasteiger partial charge in [-0.1, -0.05) is 43.3 Å². The van der Waals surface area contributed by atoms with Crippen LogP contribution in [0.5, 0.6) is 0 Å². The predicted molar refractivity (Wildman–Crippen MR) is 117 cm³/mol. The first kappa shape index (κ1) is 22.0. The average molecular weight is 435 g/mol. The molecule has 1 aliphatic rings. The number of thiophene rings is 1. The maximum Gasteiger partial charge on any atom is 0.252 e. The highest BCUT2D eigenvalue weighted by molar-refractivity contribution is 7.91. The van der Waals surface area contributed by atoms with Crippen molar-refractivity contribution in [2.45, 2.75) is 43.2 Å². The van der Waals surface area contributed by atoms with Crippen LogP contribution in [0.3, 0.4) is 0 Å². The number of amides is 1. The van der Waals surface area contributed by atoms with Gasteiger partial charge in [0.05, 0.1) is 0 Å². The smallest absolute Gasteiger partial charge is 0.252 e. The zero-order chi connectivity index (χ0) is 20.9. The Morgan fingerprint density at radius 1 is 1.21 bits per heavy atom. The number of carbonyl (C=O) groups is 1. The van der Waals surface area contributed by atoms with Crippen LogP contribution in [0.25, 0.3) is 0 Å². The molecule has 1 fully saturated rings. The summed E-state index contributed by atoms with van der Waals surface area (Å²) in [6.07, 6.45) is 4.06. The molecule has 0 unspecified atom stereocenters. The van der Waals surface area contributed by atoms with Crippen molar-refractivity contribution in [2.24, 2.45) is 5.41 Å². The maximum atomic E-state index is 12.6. The van der Waals surface area contributed by atoms with Crippen LogP contribution in [0.2, 0.25) is 0 Å². The van der Waals surface area contributed by atoms with Crippen molar-refractivity contribution < 1.29 is 13.2 Å². The number of likely N-dealkylation sites (tertiary alicyclic amines) is 1. The summed E-state index contributed by atoms with van der Waals surface area (Å²) < 4.78 is 26.6. The van der Waals surface area contributed by atoms with Crippen LogP contribution in [0.15, 0.2) is 52.1 Å². The summed E-state index contributed by atoms with van der Waals surface area (Å²) in [4.78, 5) is 14.6. The number of carbonyl (C=O) groups excluding carboxylic acids is 1. The second-order valence-electron chi connectivity index (χ2n) is 8.22. The van der Waals surface area contributed by atoms with E-state index in [9.17, 15) is 13.2 Å². The van der Waals surface area contributed by atoms with E-state index >= 15 is 0 Å². The van der Waals surface area contributed by atoms with Crippen molar-refractivity contribution in [1.29, 1.82) is 0 Å². The van der Waals surface area contributed by atoms with Crippen molar-refractivity contribution in [3.8, 4) is 0 Å². The van der Waals surface area contributed by atoms with Gasteiger partial charge in [0.15, 0.2) is 0 Å². The van der Waals surface area contributed by atoms with Gasteiger partial charge in [-0.25, -0.2) is 12.7 Å². The SMILES string of the molecule is CN(CCCC(=O)N1CC[C@@](C)(CCc2ccccc2)C1)S(=O)(=O)c1cccs1. The largest absolute Gasteiger partial charge is 0.342 e. The standard InChI is InChI=1S/C22H30N2O3S2/c1-22(13-12-19-8-4-3-5-9-19)14-16-24(18-22)20(25)10-6-15-23(2)29(26,27)21-11-7-17-28-21/h3-5,7-9,11,17H,6,10,12-16,18H2,1-2H3/t22-/m1/s1. The third kappa shape index (κ3) is 5.68. The highest BCUT2D eigenvalue weighted by atomic mass is 32.2. The molecule has 0 radical (unpaired) electrons. The molecule has 158 valence electrons. The summed E-state index contributed by atoms with van der Waals surface area (Å²) in [5.41, 5.74) is 1.50.